The highest BCUT2D eigenvalue weighted by Gasteiger charge is 2.12. The van der Waals surface area contributed by atoms with E-state index in [1.165, 1.54) is 5.56 Å². The van der Waals surface area contributed by atoms with Crippen LogP contribution in [0.1, 0.15) is 5.56 Å². The van der Waals surface area contributed by atoms with Gasteiger partial charge in [0.1, 0.15) is 12.3 Å². The number of likely N-dealkylation sites (N-methyl/N-ethyl adjacent to an activating group) is 1. The molecule has 110 valence electrons. The van der Waals surface area contributed by atoms with Gasteiger partial charge in [0.05, 0.1) is 19.8 Å². The first-order valence-corrected chi connectivity index (χ1v) is 6.97. The van der Waals surface area contributed by atoms with Crippen LogP contribution in [0.2, 0.25) is 0 Å². The van der Waals surface area contributed by atoms with Crippen molar-refractivity contribution in [2.45, 2.75) is 6.54 Å². The zero-order valence-corrected chi connectivity index (χ0v) is 12.4. The van der Waals surface area contributed by atoms with Gasteiger partial charge in [-0.1, -0.05) is 42.5 Å². The average molecular weight is 285 g/mol. The number of quaternary nitrogens is 1. The van der Waals surface area contributed by atoms with Gasteiger partial charge in [-0.2, -0.15) is 0 Å². The Kier molecular flexibility index (Phi) is 5.35. The predicted molar refractivity (Wildman–Crippen MR) is 83.5 cm³/mol. The van der Waals surface area contributed by atoms with Crippen LogP contribution >= 0.6 is 0 Å². The Morgan fingerprint density at radius 3 is 2.48 bits per heavy atom. The molecule has 0 saturated heterocycles. The molecule has 0 aliphatic carbocycles. The first kappa shape index (κ1) is 15.1. The monoisotopic (exact) mass is 285 g/mol. The summed E-state index contributed by atoms with van der Waals surface area (Å²) in [5, 5.41) is 2.89. The largest absolute Gasteiger partial charge is 0.495 e. The number of methoxy groups -OCH3 is 1. The predicted octanol–water partition coefficient (Wildman–Crippen LogP) is 1.35. The molecule has 1 atom stereocenters. The lowest BCUT2D eigenvalue weighted by Crippen LogP contribution is -3.08. The summed E-state index contributed by atoms with van der Waals surface area (Å²) < 4.78 is 5.23. The molecule has 1 unspecified atom stereocenters. The minimum absolute atomic E-state index is 0.0204. The fourth-order valence-electron chi connectivity index (χ4n) is 2.22. The van der Waals surface area contributed by atoms with E-state index in [1.54, 1.807) is 7.11 Å². The third-order valence-electron chi connectivity index (χ3n) is 3.19. The maximum atomic E-state index is 12.1. The number of benzene rings is 2. The molecule has 1 amide bonds. The molecule has 0 aromatic heterocycles. The Balaban J connectivity index is 1.89. The fraction of sp³-hybridized carbons (Fsp3) is 0.235. The number of carbonyl (C=O) groups is 1. The summed E-state index contributed by atoms with van der Waals surface area (Å²) in [5.74, 6) is 0.652. The number of carbonyl (C=O) groups excluding carboxylic acids is 1. The van der Waals surface area contributed by atoms with E-state index < -0.39 is 0 Å². The topological polar surface area (TPSA) is 42.8 Å². The van der Waals surface area contributed by atoms with E-state index >= 15 is 0 Å². The summed E-state index contributed by atoms with van der Waals surface area (Å²) in [7, 11) is 3.60. The molecule has 2 aromatic carbocycles. The Hall–Kier alpha value is -2.33. The highest BCUT2D eigenvalue weighted by atomic mass is 16.5. The van der Waals surface area contributed by atoms with Gasteiger partial charge >= 0.3 is 0 Å². The van der Waals surface area contributed by atoms with E-state index in [4.69, 9.17) is 4.74 Å². The van der Waals surface area contributed by atoms with E-state index in [0.29, 0.717) is 18.0 Å². The van der Waals surface area contributed by atoms with Crippen molar-refractivity contribution in [3.8, 4) is 5.75 Å². The van der Waals surface area contributed by atoms with Gasteiger partial charge in [0, 0.05) is 5.56 Å². The SMILES string of the molecule is COc1ccccc1NC(=O)C[NH+](C)Cc1ccccc1. The number of ether oxygens (including phenoxy) is 1. The molecule has 2 aromatic rings. The summed E-state index contributed by atoms with van der Waals surface area (Å²) in [6.07, 6.45) is 0. The molecule has 2 rings (SSSR count). The summed E-state index contributed by atoms with van der Waals surface area (Å²) in [6.45, 7) is 1.23. The molecule has 0 heterocycles. The van der Waals surface area contributed by atoms with Crippen molar-refractivity contribution >= 4 is 11.6 Å². The summed E-state index contributed by atoms with van der Waals surface area (Å²) >= 11 is 0. The van der Waals surface area contributed by atoms with Crippen LogP contribution in [0.15, 0.2) is 54.6 Å². The lowest BCUT2D eigenvalue weighted by molar-refractivity contribution is -0.885. The maximum Gasteiger partial charge on any atom is 0.279 e. The molecule has 4 heteroatoms. The zero-order valence-electron chi connectivity index (χ0n) is 12.4. The van der Waals surface area contributed by atoms with Crippen molar-refractivity contribution in [3.05, 3.63) is 60.2 Å². The van der Waals surface area contributed by atoms with Crippen LogP contribution in [-0.2, 0) is 11.3 Å². The van der Waals surface area contributed by atoms with Gasteiger partial charge in [-0.3, -0.25) is 4.79 Å². The van der Waals surface area contributed by atoms with Crippen LogP contribution in [0.3, 0.4) is 0 Å². The number of amides is 1. The quantitative estimate of drug-likeness (QED) is 0.841. The Morgan fingerprint density at radius 2 is 1.76 bits per heavy atom. The van der Waals surface area contributed by atoms with Crippen LogP contribution in [-0.4, -0.2) is 26.6 Å². The number of hydrogen-bond donors (Lipinski definition) is 2. The smallest absolute Gasteiger partial charge is 0.279 e. The van der Waals surface area contributed by atoms with E-state index in [2.05, 4.69) is 17.4 Å². The van der Waals surface area contributed by atoms with Crippen molar-refractivity contribution in [1.82, 2.24) is 0 Å². The van der Waals surface area contributed by atoms with Crippen molar-refractivity contribution in [1.29, 1.82) is 0 Å². The molecule has 0 radical (unpaired) electrons. The van der Waals surface area contributed by atoms with Crippen molar-refractivity contribution < 1.29 is 14.4 Å². The normalized spacial score (nSPS) is 11.7. The van der Waals surface area contributed by atoms with E-state index in [-0.39, 0.29) is 5.91 Å². The Labute approximate surface area is 125 Å². The summed E-state index contributed by atoms with van der Waals surface area (Å²) in [4.78, 5) is 13.2. The molecule has 0 fully saturated rings. The van der Waals surface area contributed by atoms with Crippen LogP contribution < -0.4 is 15.0 Å². The van der Waals surface area contributed by atoms with Gasteiger partial charge in [-0.05, 0) is 12.1 Å². The van der Waals surface area contributed by atoms with Crippen LogP contribution in [0.4, 0.5) is 5.69 Å². The lowest BCUT2D eigenvalue weighted by atomic mass is 10.2. The molecule has 21 heavy (non-hydrogen) atoms. The highest BCUT2D eigenvalue weighted by Crippen LogP contribution is 2.22. The molecule has 0 saturated carbocycles. The molecule has 2 N–H and O–H groups in total. The molecule has 0 aliphatic rings. The fourth-order valence-corrected chi connectivity index (χ4v) is 2.22. The third-order valence-corrected chi connectivity index (χ3v) is 3.19. The molecule has 4 nitrogen and oxygen atoms in total. The van der Waals surface area contributed by atoms with Gasteiger partial charge in [0.2, 0.25) is 0 Å². The van der Waals surface area contributed by atoms with Crippen LogP contribution in [0.25, 0.3) is 0 Å². The number of nitrogens with one attached hydrogen (secondary N) is 2. The second-order valence-corrected chi connectivity index (χ2v) is 5.04. The highest BCUT2D eigenvalue weighted by molar-refractivity contribution is 5.92. The van der Waals surface area contributed by atoms with Crippen LogP contribution in [0, 0.1) is 0 Å². The second kappa shape index (κ2) is 7.45. The lowest BCUT2D eigenvalue weighted by Gasteiger charge is -2.15. The van der Waals surface area contributed by atoms with Gasteiger partial charge in [-0.15, -0.1) is 0 Å². The molecule has 0 bridgehead atoms. The number of para-hydroxylation sites is 2. The van der Waals surface area contributed by atoms with E-state index in [0.717, 1.165) is 11.4 Å². The van der Waals surface area contributed by atoms with E-state index in [1.807, 2.05) is 49.5 Å². The Bertz CT molecular complexity index is 584. The minimum atomic E-state index is -0.0204. The van der Waals surface area contributed by atoms with E-state index in [9.17, 15) is 4.79 Å². The van der Waals surface area contributed by atoms with Gasteiger partial charge in [0.25, 0.3) is 5.91 Å². The standard InChI is InChI=1S/C17H20N2O2/c1-19(12-14-8-4-3-5-9-14)13-17(20)18-15-10-6-7-11-16(15)21-2/h3-11H,12-13H2,1-2H3,(H,18,20)/p+1. The van der Waals surface area contributed by atoms with Gasteiger partial charge < -0.3 is 15.0 Å². The zero-order chi connectivity index (χ0) is 15.1. The Morgan fingerprint density at radius 1 is 1.10 bits per heavy atom. The number of rotatable bonds is 6. The van der Waals surface area contributed by atoms with Crippen molar-refractivity contribution in [2.24, 2.45) is 0 Å². The molecular formula is C17H21N2O2+. The summed E-state index contributed by atoms with van der Waals surface area (Å²) in [5.41, 5.74) is 1.93. The average Bonchev–Trinajstić information content (AvgIpc) is 2.48. The summed E-state index contributed by atoms with van der Waals surface area (Å²) in [6, 6.07) is 17.6. The van der Waals surface area contributed by atoms with Gasteiger partial charge in [0.15, 0.2) is 6.54 Å². The number of hydrogen-bond acceptors (Lipinski definition) is 2. The molecule has 0 spiro atoms. The van der Waals surface area contributed by atoms with Crippen LogP contribution in [0.5, 0.6) is 5.75 Å². The molecule has 0 aliphatic heterocycles. The first-order chi connectivity index (χ1) is 10.2. The van der Waals surface area contributed by atoms with Gasteiger partial charge in [-0.25, -0.2) is 0 Å². The number of anilines is 1. The third kappa shape index (κ3) is 4.61. The minimum Gasteiger partial charge on any atom is -0.495 e. The van der Waals surface area contributed by atoms with Crippen molar-refractivity contribution in [3.63, 3.8) is 0 Å². The van der Waals surface area contributed by atoms with Crippen molar-refractivity contribution in [2.75, 3.05) is 26.0 Å². The maximum absolute atomic E-state index is 12.1. The molecular weight excluding hydrogens is 264 g/mol. The first-order valence-electron chi connectivity index (χ1n) is 6.97. The second-order valence-electron chi connectivity index (χ2n) is 5.04.